The predicted octanol–water partition coefficient (Wildman–Crippen LogP) is 1.41. The Morgan fingerprint density at radius 1 is 1.26 bits per heavy atom. The van der Waals surface area contributed by atoms with E-state index in [0.29, 0.717) is 11.6 Å². The van der Waals surface area contributed by atoms with E-state index in [2.05, 4.69) is 4.99 Å². The van der Waals surface area contributed by atoms with Crippen LogP contribution in [0.5, 0.6) is 0 Å². The molecule has 1 aromatic rings. The zero-order valence-corrected chi connectivity index (χ0v) is 15.3. The number of para-hydroxylation sites is 1. The summed E-state index contributed by atoms with van der Waals surface area (Å²) in [5.74, 6) is -0.283. The molecule has 1 saturated heterocycles. The Morgan fingerprint density at radius 2 is 2.00 bits per heavy atom. The van der Waals surface area contributed by atoms with Crippen LogP contribution in [-0.2, 0) is 9.53 Å². The molecule has 3 heterocycles. The van der Waals surface area contributed by atoms with Crippen LogP contribution in [0, 0.1) is 5.82 Å². The fraction of sp³-hybridized carbons (Fsp3) is 0.389. The third-order valence-electron chi connectivity index (χ3n) is 5.00. The Morgan fingerprint density at radius 3 is 2.70 bits per heavy atom. The molecule has 27 heavy (non-hydrogen) atoms. The van der Waals surface area contributed by atoms with Crippen molar-refractivity contribution in [3.63, 3.8) is 0 Å². The van der Waals surface area contributed by atoms with Crippen LogP contribution in [0.2, 0.25) is 0 Å². The number of benzene rings is 1. The van der Waals surface area contributed by atoms with Gasteiger partial charge in [0.2, 0.25) is 5.96 Å². The number of imide groups is 1. The monoisotopic (exact) mass is 373 g/mol. The van der Waals surface area contributed by atoms with E-state index in [1.807, 2.05) is 6.92 Å². The first-order chi connectivity index (χ1) is 13.0. The van der Waals surface area contributed by atoms with Crippen LogP contribution in [0.1, 0.15) is 6.92 Å². The molecule has 1 aromatic carbocycles. The van der Waals surface area contributed by atoms with Gasteiger partial charge in [-0.15, -0.1) is 0 Å². The van der Waals surface area contributed by atoms with Gasteiger partial charge in [-0.05, 0) is 19.1 Å². The minimum atomic E-state index is -0.675. The molecule has 3 aliphatic rings. The summed E-state index contributed by atoms with van der Waals surface area (Å²) in [6.45, 7) is 2.25. The third-order valence-corrected chi connectivity index (χ3v) is 5.00. The van der Waals surface area contributed by atoms with Crippen molar-refractivity contribution < 1.29 is 18.7 Å². The lowest BCUT2D eigenvalue weighted by atomic mass is 10.1. The molecule has 3 amide bonds. The summed E-state index contributed by atoms with van der Waals surface area (Å²) in [4.78, 5) is 36.2. The lowest BCUT2D eigenvalue weighted by molar-refractivity contribution is -0.137. The summed E-state index contributed by atoms with van der Waals surface area (Å²) in [5, 5.41) is 0. The van der Waals surface area contributed by atoms with E-state index in [9.17, 15) is 14.0 Å². The van der Waals surface area contributed by atoms with Crippen molar-refractivity contribution in [2.45, 2.75) is 19.1 Å². The number of methoxy groups -OCH3 is 1. The van der Waals surface area contributed by atoms with Crippen LogP contribution in [0.25, 0.3) is 0 Å². The summed E-state index contributed by atoms with van der Waals surface area (Å²) < 4.78 is 19.4. The molecule has 2 unspecified atom stereocenters. The number of guanidine groups is 1. The van der Waals surface area contributed by atoms with E-state index < -0.39 is 18.2 Å². The van der Waals surface area contributed by atoms with E-state index in [4.69, 9.17) is 4.74 Å². The molecule has 0 saturated carbocycles. The molecule has 9 heteroatoms. The lowest BCUT2D eigenvalue weighted by Gasteiger charge is -2.40. The number of ether oxygens (including phenoxy) is 1. The largest absolute Gasteiger partial charge is 0.383 e. The van der Waals surface area contributed by atoms with Crippen molar-refractivity contribution in [2.75, 3.05) is 32.2 Å². The summed E-state index contributed by atoms with van der Waals surface area (Å²) in [6.07, 6.45) is 1.11. The lowest BCUT2D eigenvalue weighted by Crippen LogP contribution is -2.64. The van der Waals surface area contributed by atoms with Gasteiger partial charge in [-0.1, -0.05) is 12.1 Å². The number of hydrogen-bond acceptors (Lipinski definition) is 6. The van der Waals surface area contributed by atoms with Gasteiger partial charge in [0.1, 0.15) is 5.82 Å². The summed E-state index contributed by atoms with van der Waals surface area (Å²) in [6, 6.07) is 5.30. The van der Waals surface area contributed by atoms with E-state index in [1.54, 1.807) is 41.2 Å². The maximum atomic E-state index is 14.4. The van der Waals surface area contributed by atoms with Gasteiger partial charge >= 0.3 is 6.03 Å². The number of nitrogens with zero attached hydrogens (tertiary/aromatic N) is 5. The molecule has 0 radical (unpaired) electrons. The summed E-state index contributed by atoms with van der Waals surface area (Å²) >= 11 is 0. The second-order valence-corrected chi connectivity index (χ2v) is 6.63. The van der Waals surface area contributed by atoms with Gasteiger partial charge in [-0.3, -0.25) is 14.6 Å². The highest BCUT2D eigenvalue weighted by Gasteiger charge is 2.54. The second-order valence-electron chi connectivity index (χ2n) is 6.63. The van der Waals surface area contributed by atoms with Crippen LogP contribution in [-0.4, -0.2) is 72.1 Å². The quantitative estimate of drug-likeness (QED) is 0.798. The number of halogens is 1. The Balaban J connectivity index is 1.71. The summed E-state index contributed by atoms with van der Waals surface area (Å²) in [7, 11) is 3.13. The van der Waals surface area contributed by atoms with E-state index in [1.165, 1.54) is 23.0 Å². The van der Waals surface area contributed by atoms with Gasteiger partial charge in [-0.25, -0.2) is 14.2 Å². The average Bonchev–Trinajstić information content (AvgIpc) is 3.15. The number of carbonyl (C=O) groups excluding carboxylic acids is 2. The molecule has 3 aliphatic heterocycles. The molecular weight excluding hydrogens is 353 g/mol. The zero-order valence-electron chi connectivity index (χ0n) is 15.3. The molecule has 8 nitrogen and oxygen atoms in total. The highest BCUT2D eigenvalue weighted by molar-refractivity contribution is 6.09. The van der Waals surface area contributed by atoms with Gasteiger partial charge < -0.3 is 14.5 Å². The highest BCUT2D eigenvalue weighted by atomic mass is 19.1. The number of amides is 3. The van der Waals surface area contributed by atoms with E-state index in [-0.39, 0.29) is 24.9 Å². The number of likely N-dealkylation sites (N-methyl/N-ethyl adjacent to an activating group) is 1. The highest BCUT2D eigenvalue weighted by Crippen LogP contribution is 2.37. The smallest absolute Gasteiger partial charge is 0.328 e. The molecule has 2 atom stereocenters. The molecule has 0 spiro atoms. The van der Waals surface area contributed by atoms with Crippen molar-refractivity contribution in [3.05, 3.63) is 42.0 Å². The number of hydrogen-bond donors (Lipinski definition) is 0. The second kappa shape index (κ2) is 6.34. The van der Waals surface area contributed by atoms with Gasteiger partial charge in [0.25, 0.3) is 5.91 Å². The van der Waals surface area contributed by atoms with E-state index in [0.717, 1.165) is 5.70 Å². The molecule has 142 valence electrons. The van der Waals surface area contributed by atoms with E-state index >= 15 is 0 Å². The van der Waals surface area contributed by atoms with Gasteiger partial charge in [0.15, 0.2) is 12.2 Å². The first kappa shape index (κ1) is 17.5. The molecule has 1 fully saturated rings. The Labute approximate surface area is 156 Å². The molecule has 0 N–H and O–H groups in total. The van der Waals surface area contributed by atoms with Gasteiger partial charge in [0.05, 0.1) is 18.8 Å². The molecule has 0 aliphatic carbocycles. The Hall–Kier alpha value is -2.94. The number of carbonyl (C=O) groups is 2. The number of urea groups is 1. The van der Waals surface area contributed by atoms with Crippen LogP contribution < -0.4 is 4.90 Å². The SMILES string of the molecule is COCCN1C(=O)C2C(N=C3N(c4ccccc4F)C(C)=CN32)N(C)C1=O. The zero-order chi connectivity index (χ0) is 19.3. The van der Waals surface area contributed by atoms with Gasteiger partial charge in [-0.2, -0.15) is 0 Å². The standard InChI is InChI=1S/C18H20FN5O3/c1-11-10-23-14-15(21(2)18(26)22(16(14)25)8-9-27-3)20-17(23)24(11)13-7-5-4-6-12(13)19/h4-7,10,14-15H,8-9H2,1-3H3. The van der Waals surface area contributed by atoms with Gasteiger partial charge in [0, 0.05) is 26.1 Å². The van der Waals surface area contributed by atoms with Crippen molar-refractivity contribution in [2.24, 2.45) is 4.99 Å². The Kier molecular flexibility index (Phi) is 4.11. The first-order valence-electron chi connectivity index (χ1n) is 8.62. The number of allylic oxidation sites excluding steroid dienone is 1. The predicted molar refractivity (Wildman–Crippen MR) is 96.2 cm³/mol. The molecular formula is C18H20FN5O3. The first-order valence-corrected chi connectivity index (χ1v) is 8.62. The van der Waals surface area contributed by atoms with Crippen LogP contribution in [0.3, 0.4) is 0 Å². The summed E-state index contributed by atoms with van der Waals surface area (Å²) in [5.41, 5.74) is 1.09. The number of anilines is 1. The minimum absolute atomic E-state index is 0.171. The Bertz CT molecular complexity index is 870. The third kappa shape index (κ3) is 2.49. The van der Waals surface area contributed by atoms with Crippen LogP contribution in [0.15, 0.2) is 41.2 Å². The fourth-order valence-corrected chi connectivity index (χ4v) is 3.67. The van der Waals surface area contributed by atoms with Crippen molar-refractivity contribution in [1.29, 1.82) is 0 Å². The fourth-order valence-electron chi connectivity index (χ4n) is 3.67. The molecule has 0 aromatic heterocycles. The van der Waals surface area contributed by atoms with Crippen molar-refractivity contribution >= 4 is 23.6 Å². The molecule has 0 bridgehead atoms. The van der Waals surface area contributed by atoms with Crippen molar-refractivity contribution in [1.82, 2.24) is 14.7 Å². The number of fused-ring (bicyclic) bond motifs is 3. The normalized spacial score (nSPS) is 24.3. The van der Waals surface area contributed by atoms with Crippen LogP contribution >= 0.6 is 0 Å². The topological polar surface area (TPSA) is 68.7 Å². The minimum Gasteiger partial charge on any atom is -0.383 e. The van der Waals surface area contributed by atoms with Crippen molar-refractivity contribution in [3.8, 4) is 0 Å². The number of rotatable bonds is 4. The maximum Gasteiger partial charge on any atom is 0.328 e. The van der Waals surface area contributed by atoms with Crippen LogP contribution in [0.4, 0.5) is 14.9 Å². The molecule has 4 rings (SSSR count). The number of aliphatic imine (C=N–C) groups is 1. The average molecular weight is 373 g/mol. The maximum absolute atomic E-state index is 14.4.